The van der Waals surface area contributed by atoms with Crippen LogP contribution in [-0.2, 0) is 13.6 Å². The predicted molar refractivity (Wildman–Crippen MR) is 83.8 cm³/mol. The maximum Gasteiger partial charge on any atom is 0.472 e. The SMILES string of the molecule is C=CCOP(=O)(O)OCCCCCCCCCCCC. The lowest BCUT2D eigenvalue weighted by molar-refractivity contribution is 0.158. The molecule has 0 heterocycles. The van der Waals surface area contributed by atoms with Gasteiger partial charge in [0, 0.05) is 0 Å². The summed E-state index contributed by atoms with van der Waals surface area (Å²) in [7, 11) is -3.86. The zero-order valence-corrected chi connectivity index (χ0v) is 13.8. The smallest absolute Gasteiger partial charge is 0.302 e. The van der Waals surface area contributed by atoms with Gasteiger partial charge in [0.05, 0.1) is 13.2 Å². The van der Waals surface area contributed by atoms with Crippen molar-refractivity contribution in [2.45, 2.75) is 71.1 Å². The highest BCUT2D eigenvalue weighted by Crippen LogP contribution is 2.43. The molecule has 0 radical (unpaired) electrons. The Morgan fingerprint density at radius 1 is 0.950 bits per heavy atom. The highest BCUT2D eigenvalue weighted by atomic mass is 31.2. The van der Waals surface area contributed by atoms with Gasteiger partial charge in [-0.15, -0.1) is 6.58 Å². The molecule has 5 heteroatoms. The molecule has 0 aromatic rings. The van der Waals surface area contributed by atoms with Gasteiger partial charge in [0.1, 0.15) is 0 Å². The molecule has 20 heavy (non-hydrogen) atoms. The molecular weight excluding hydrogens is 275 g/mol. The van der Waals surface area contributed by atoms with Gasteiger partial charge in [-0.1, -0.05) is 70.8 Å². The summed E-state index contributed by atoms with van der Waals surface area (Å²) < 4.78 is 20.8. The van der Waals surface area contributed by atoms with Crippen molar-refractivity contribution in [3.63, 3.8) is 0 Å². The van der Waals surface area contributed by atoms with Crippen LogP contribution in [0.15, 0.2) is 12.7 Å². The van der Waals surface area contributed by atoms with Crippen molar-refractivity contribution in [1.82, 2.24) is 0 Å². The number of phosphoric ester groups is 1. The summed E-state index contributed by atoms with van der Waals surface area (Å²) in [6, 6.07) is 0. The van der Waals surface area contributed by atoms with Crippen LogP contribution in [0, 0.1) is 0 Å². The second-order valence-electron chi connectivity index (χ2n) is 5.07. The molecule has 0 spiro atoms. The molecule has 0 aromatic heterocycles. The zero-order valence-electron chi connectivity index (χ0n) is 12.9. The van der Waals surface area contributed by atoms with Crippen LogP contribution in [0.3, 0.4) is 0 Å². The first-order chi connectivity index (χ1) is 9.62. The third-order valence-corrected chi connectivity index (χ3v) is 4.09. The highest BCUT2D eigenvalue weighted by molar-refractivity contribution is 7.47. The predicted octanol–water partition coefficient (Wildman–Crippen LogP) is 5.23. The van der Waals surface area contributed by atoms with Gasteiger partial charge in [-0.3, -0.25) is 9.05 Å². The summed E-state index contributed by atoms with van der Waals surface area (Å²) in [6.45, 7) is 5.96. The number of phosphoric acid groups is 1. The maximum atomic E-state index is 11.3. The van der Waals surface area contributed by atoms with E-state index in [9.17, 15) is 9.46 Å². The molecule has 4 nitrogen and oxygen atoms in total. The summed E-state index contributed by atoms with van der Waals surface area (Å²) in [5, 5.41) is 0. The van der Waals surface area contributed by atoms with Crippen LogP contribution in [0.1, 0.15) is 71.1 Å². The zero-order chi connectivity index (χ0) is 15.1. The summed E-state index contributed by atoms with van der Waals surface area (Å²) in [4.78, 5) is 9.25. The third kappa shape index (κ3) is 14.3. The minimum absolute atomic E-state index is 0.0335. The van der Waals surface area contributed by atoms with Gasteiger partial charge in [0.25, 0.3) is 0 Å². The van der Waals surface area contributed by atoms with Crippen molar-refractivity contribution < 1.29 is 18.5 Å². The Morgan fingerprint density at radius 2 is 1.45 bits per heavy atom. The lowest BCUT2D eigenvalue weighted by atomic mass is 10.1. The van der Waals surface area contributed by atoms with Crippen LogP contribution in [0.4, 0.5) is 0 Å². The van der Waals surface area contributed by atoms with E-state index in [0.717, 1.165) is 12.8 Å². The molecule has 0 fully saturated rings. The van der Waals surface area contributed by atoms with E-state index in [4.69, 9.17) is 4.52 Å². The molecule has 0 rings (SSSR count). The molecule has 0 aromatic carbocycles. The number of hydrogen-bond donors (Lipinski definition) is 1. The van der Waals surface area contributed by atoms with E-state index in [0.29, 0.717) is 0 Å². The maximum absolute atomic E-state index is 11.3. The Morgan fingerprint density at radius 3 is 1.95 bits per heavy atom. The van der Waals surface area contributed by atoms with Gasteiger partial charge < -0.3 is 4.89 Å². The molecule has 0 aliphatic rings. The van der Waals surface area contributed by atoms with E-state index in [1.165, 1.54) is 57.4 Å². The normalized spacial score (nSPS) is 14.1. The molecule has 1 unspecified atom stereocenters. The summed E-state index contributed by atoms with van der Waals surface area (Å²) in [6.07, 6.45) is 13.7. The Bertz CT molecular complexity index is 269. The minimum Gasteiger partial charge on any atom is -0.302 e. The quantitative estimate of drug-likeness (QED) is 0.256. The van der Waals surface area contributed by atoms with Gasteiger partial charge in [0.15, 0.2) is 0 Å². The van der Waals surface area contributed by atoms with Crippen molar-refractivity contribution in [1.29, 1.82) is 0 Å². The minimum atomic E-state index is -3.86. The number of unbranched alkanes of at least 4 members (excludes halogenated alkanes) is 9. The number of rotatable bonds is 15. The van der Waals surface area contributed by atoms with Crippen LogP contribution in [0.5, 0.6) is 0 Å². The lowest BCUT2D eigenvalue weighted by Gasteiger charge is -2.10. The van der Waals surface area contributed by atoms with Crippen molar-refractivity contribution in [2.24, 2.45) is 0 Å². The van der Waals surface area contributed by atoms with E-state index < -0.39 is 7.82 Å². The fourth-order valence-corrected chi connectivity index (χ4v) is 2.68. The Balaban J connectivity index is 3.24. The largest absolute Gasteiger partial charge is 0.472 e. The summed E-state index contributed by atoms with van der Waals surface area (Å²) in [5.41, 5.74) is 0. The lowest BCUT2D eigenvalue weighted by Crippen LogP contribution is -1.97. The molecule has 0 saturated heterocycles. The van der Waals surface area contributed by atoms with Crippen molar-refractivity contribution in [3.05, 3.63) is 12.7 Å². The molecular formula is C15H31O4P. The van der Waals surface area contributed by atoms with Crippen LogP contribution in [0.25, 0.3) is 0 Å². The van der Waals surface area contributed by atoms with E-state index >= 15 is 0 Å². The van der Waals surface area contributed by atoms with Gasteiger partial charge in [0.2, 0.25) is 0 Å². The molecule has 0 saturated carbocycles. The van der Waals surface area contributed by atoms with Crippen LogP contribution >= 0.6 is 7.82 Å². The molecule has 0 aliphatic carbocycles. The average Bonchev–Trinajstić information content (AvgIpc) is 2.42. The molecule has 1 N–H and O–H groups in total. The van der Waals surface area contributed by atoms with Crippen molar-refractivity contribution >= 4 is 7.82 Å². The Labute approximate surface area is 124 Å². The topological polar surface area (TPSA) is 55.8 Å². The third-order valence-electron chi connectivity index (χ3n) is 3.11. The Kier molecular flexibility index (Phi) is 13.7. The van der Waals surface area contributed by atoms with Crippen LogP contribution in [0.2, 0.25) is 0 Å². The monoisotopic (exact) mass is 306 g/mol. The van der Waals surface area contributed by atoms with Gasteiger partial charge in [-0.05, 0) is 6.42 Å². The molecule has 120 valence electrons. The fourth-order valence-electron chi connectivity index (χ4n) is 1.95. The van der Waals surface area contributed by atoms with Crippen LogP contribution < -0.4 is 0 Å². The van der Waals surface area contributed by atoms with Crippen molar-refractivity contribution in [3.8, 4) is 0 Å². The molecule has 0 amide bonds. The van der Waals surface area contributed by atoms with Gasteiger partial charge in [-0.2, -0.15) is 0 Å². The molecule has 0 bridgehead atoms. The molecule has 0 aliphatic heterocycles. The molecule has 1 atom stereocenters. The van der Waals surface area contributed by atoms with Gasteiger partial charge in [-0.25, -0.2) is 4.57 Å². The average molecular weight is 306 g/mol. The van der Waals surface area contributed by atoms with E-state index in [1.807, 2.05) is 0 Å². The highest BCUT2D eigenvalue weighted by Gasteiger charge is 2.19. The van der Waals surface area contributed by atoms with Crippen LogP contribution in [-0.4, -0.2) is 18.1 Å². The summed E-state index contributed by atoms with van der Waals surface area (Å²) in [5.74, 6) is 0. The van der Waals surface area contributed by atoms with E-state index in [-0.39, 0.29) is 13.2 Å². The first-order valence-electron chi connectivity index (χ1n) is 7.85. The standard InChI is InChI=1S/C15H31O4P/c1-3-5-6-7-8-9-10-11-12-13-15-19-20(16,17)18-14-4-2/h4H,2-3,5-15H2,1H3,(H,16,17). The van der Waals surface area contributed by atoms with Crippen molar-refractivity contribution in [2.75, 3.05) is 13.2 Å². The number of hydrogen-bond acceptors (Lipinski definition) is 3. The van der Waals surface area contributed by atoms with E-state index in [1.54, 1.807) is 0 Å². The second-order valence-corrected chi connectivity index (χ2v) is 6.52. The first kappa shape index (κ1) is 19.9. The Hall–Kier alpha value is -0.150. The van der Waals surface area contributed by atoms with E-state index in [2.05, 4.69) is 18.0 Å². The first-order valence-corrected chi connectivity index (χ1v) is 9.34. The second kappa shape index (κ2) is 13.8. The summed E-state index contributed by atoms with van der Waals surface area (Å²) >= 11 is 0. The fraction of sp³-hybridized carbons (Fsp3) is 0.867. The van der Waals surface area contributed by atoms with Gasteiger partial charge >= 0.3 is 7.82 Å².